The highest BCUT2D eigenvalue weighted by atomic mass is 32.2. The van der Waals surface area contributed by atoms with E-state index < -0.39 is 10.0 Å². The van der Waals surface area contributed by atoms with Gasteiger partial charge in [0.1, 0.15) is 4.90 Å². The molecule has 7 heteroatoms. The lowest BCUT2D eigenvalue weighted by atomic mass is 10.2. The standard InChI is InChI=1S/C13H23N3O3S/c1-4-16(8-9-19-5-2)12-7-6-11(14)10-13(12)20(17,18)15-3/h6-7,10,15H,4-5,8-9,14H2,1-3H3. The van der Waals surface area contributed by atoms with Gasteiger partial charge in [-0.3, -0.25) is 0 Å². The lowest BCUT2D eigenvalue weighted by Gasteiger charge is -2.25. The SMILES string of the molecule is CCOCCN(CC)c1ccc(N)cc1S(=O)(=O)NC. The fraction of sp³-hybridized carbons (Fsp3) is 0.538. The Labute approximate surface area is 121 Å². The van der Waals surface area contributed by atoms with Crippen LogP contribution in [0, 0.1) is 0 Å². The Kier molecular flexibility index (Phi) is 6.25. The van der Waals surface area contributed by atoms with Gasteiger partial charge in [0, 0.05) is 25.4 Å². The van der Waals surface area contributed by atoms with Gasteiger partial charge in [0.2, 0.25) is 10.0 Å². The summed E-state index contributed by atoms with van der Waals surface area (Å²) in [4.78, 5) is 2.15. The molecule has 0 aliphatic carbocycles. The zero-order chi connectivity index (χ0) is 15.2. The number of rotatable bonds is 8. The van der Waals surface area contributed by atoms with E-state index in [1.165, 1.54) is 13.1 Å². The molecular formula is C13H23N3O3S. The van der Waals surface area contributed by atoms with Crippen LogP contribution in [0.15, 0.2) is 23.1 Å². The second-order valence-corrected chi connectivity index (χ2v) is 6.07. The van der Waals surface area contributed by atoms with Crippen molar-refractivity contribution in [3.8, 4) is 0 Å². The molecule has 0 fully saturated rings. The number of nitrogens with two attached hydrogens (primary N) is 1. The van der Waals surface area contributed by atoms with Gasteiger partial charge in [-0.1, -0.05) is 0 Å². The van der Waals surface area contributed by atoms with Crippen LogP contribution < -0.4 is 15.4 Å². The van der Waals surface area contributed by atoms with E-state index in [0.29, 0.717) is 37.7 Å². The van der Waals surface area contributed by atoms with Crippen LogP contribution in [0.3, 0.4) is 0 Å². The number of nitrogens with zero attached hydrogens (tertiary/aromatic N) is 1. The summed E-state index contributed by atoms with van der Waals surface area (Å²) < 4.78 is 31.9. The molecule has 0 aliphatic rings. The molecule has 0 spiro atoms. The van der Waals surface area contributed by atoms with E-state index in [-0.39, 0.29) is 4.90 Å². The molecular weight excluding hydrogens is 278 g/mol. The Bertz CT molecular complexity index is 532. The minimum atomic E-state index is -3.55. The molecule has 0 saturated carbocycles. The first-order valence-electron chi connectivity index (χ1n) is 6.62. The summed E-state index contributed by atoms with van der Waals surface area (Å²) in [7, 11) is -2.16. The van der Waals surface area contributed by atoms with Gasteiger partial charge in [-0.25, -0.2) is 13.1 Å². The Balaban J connectivity index is 3.15. The van der Waals surface area contributed by atoms with Gasteiger partial charge in [-0.05, 0) is 39.1 Å². The zero-order valence-electron chi connectivity index (χ0n) is 12.2. The monoisotopic (exact) mass is 301 g/mol. The first-order chi connectivity index (χ1) is 9.46. The lowest BCUT2D eigenvalue weighted by molar-refractivity contribution is 0.154. The molecule has 114 valence electrons. The highest BCUT2D eigenvalue weighted by Crippen LogP contribution is 2.27. The van der Waals surface area contributed by atoms with Crippen molar-refractivity contribution >= 4 is 21.4 Å². The molecule has 1 aromatic rings. The van der Waals surface area contributed by atoms with Crippen molar-refractivity contribution in [2.75, 3.05) is 44.0 Å². The van der Waals surface area contributed by atoms with Crippen molar-refractivity contribution in [2.24, 2.45) is 0 Å². The number of ether oxygens (including phenoxy) is 1. The van der Waals surface area contributed by atoms with Gasteiger partial charge in [-0.2, -0.15) is 0 Å². The quantitative estimate of drug-likeness (QED) is 0.553. The predicted octanol–water partition coefficient (Wildman–Crippen LogP) is 1.04. The molecule has 0 radical (unpaired) electrons. The van der Waals surface area contributed by atoms with Crippen molar-refractivity contribution in [1.29, 1.82) is 0 Å². The zero-order valence-corrected chi connectivity index (χ0v) is 13.0. The third-order valence-corrected chi connectivity index (χ3v) is 4.42. The molecule has 0 bridgehead atoms. The number of benzene rings is 1. The number of sulfonamides is 1. The third kappa shape index (κ3) is 4.09. The average molecular weight is 301 g/mol. The molecule has 0 unspecified atom stereocenters. The summed E-state index contributed by atoms with van der Waals surface area (Å²) in [6.07, 6.45) is 0. The topological polar surface area (TPSA) is 84.7 Å². The van der Waals surface area contributed by atoms with Gasteiger partial charge >= 0.3 is 0 Å². The largest absolute Gasteiger partial charge is 0.399 e. The van der Waals surface area contributed by atoms with Crippen molar-refractivity contribution < 1.29 is 13.2 Å². The number of likely N-dealkylation sites (N-methyl/N-ethyl adjacent to an activating group) is 1. The third-order valence-electron chi connectivity index (χ3n) is 2.97. The summed E-state index contributed by atoms with van der Waals surface area (Å²) in [6.45, 7) is 6.40. The van der Waals surface area contributed by atoms with Crippen LogP contribution in [0.5, 0.6) is 0 Å². The van der Waals surface area contributed by atoms with Crippen LogP contribution in [0.4, 0.5) is 11.4 Å². The van der Waals surface area contributed by atoms with Crippen LogP contribution in [0.1, 0.15) is 13.8 Å². The van der Waals surface area contributed by atoms with E-state index in [9.17, 15) is 8.42 Å². The molecule has 0 aromatic heterocycles. The predicted molar refractivity (Wildman–Crippen MR) is 81.5 cm³/mol. The fourth-order valence-corrected chi connectivity index (χ4v) is 2.87. The lowest BCUT2D eigenvalue weighted by Crippen LogP contribution is -2.30. The summed E-state index contributed by atoms with van der Waals surface area (Å²) in [5, 5.41) is 0. The highest BCUT2D eigenvalue weighted by Gasteiger charge is 2.20. The minimum Gasteiger partial charge on any atom is -0.399 e. The van der Waals surface area contributed by atoms with Crippen LogP contribution in [0.25, 0.3) is 0 Å². The van der Waals surface area contributed by atoms with Gasteiger partial charge in [0.25, 0.3) is 0 Å². The molecule has 1 rings (SSSR count). The Hall–Kier alpha value is -1.31. The molecule has 0 aliphatic heterocycles. The van der Waals surface area contributed by atoms with Crippen molar-refractivity contribution in [2.45, 2.75) is 18.7 Å². The maximum absolute atomic E-state index is 12.1. The summed E-state index contributed by atoms with van der Waals surface area (Å²) >= 11 is 0. The summed E-state index contributed by atoms with van der Waals surface area (Å²) in [6, 6.07) is 4.91. The second kappa shape index (κ2) is 7.47. The van der Waals surface area contributed by atoms with Crippen LogP contribution >= 0.6 is 0 Å². The van der Waals surface area contributed by atoms with E-state index in [0.717, 1.165) is 0 Å². The van der Waals surface area contributed by atoms with E-state index in [4.69, 9.17) is 10.5 Å². The van der Waals surface area contributed by atoms with E-state index in [1.54, 1.807) is 12.1 Å². The minimum absolute atomic E-state index is 0.193. The number of anilines is 2. The summed E-state index contributed by atoms with van der Waals surface area (Å²) in [5.41, 5.74) is 6.76. The molecule has 0 atom stereocenters. The molecule has 0 saturated heterocycles. The van der Waals surface area contributed by atoms with Crippen LogP contribution in [-0.2, 0) is 14.8 Å². The maximum Gasteiger partial charge on any atom is 0.242 e. The van der Waals surface area contributed by atoms with Crippen LogP contribution in [-0.4, -0.2) is 41.8 Å². The Morgan fingerprint density at radius 3 is 2.60 bits per heavy atom. The smallest absolute Gasteiger partial charge is 0.242 e. The van der Waals surface area contributed by atoms with Crippen LogP contribution in [0.2, 0.25) is 0 Å². The molecule has 20 heavy (non-hydrogen) atoms. The molecule has 0 amide bonds. The average Bonchev–Trinajstić information content (AvgIpc) is 2.44. The van der Waals surface area contributed by atoms with Gasteiger partial charge < -0.3 is 15.4 Å². The van der Waals surface area contributed by atoms with E-state index in [2.05, 4.69) is 4.72 Å². The maximum atomic E-state index is 12.1. The van der Waals surface area contributed by atoms with Crippen molar-refractivity contribution in [1.82, 2.24) is 4.72 Å². The van der Waals surface area contributed by atoms with Gasteiger partial charge in [-0.15, -0.1) is 0 Å². The van der Waals surface area contributed by atoms with Gasteiger partial charge in [0.05, 0.1) is 12.3 Å². The number of hydrogen-bond donors (Lipinski definition) is 2. The van der Waals surface area contributed by atoms with Crippen molar-refractivity contribution in [3.05, 3.63) is 18.2 Å². The van der Waals surface area contributed by atoms with Crippen molar-refractivity contribution in [3.63, 3.8) is 0 Å². The van der Waals surface area contributed by atoms with Gasteiger partial charge in [0.15, 0.2) is 0 Å². The summed E-state index contributed by atoms with van der Waals surface area (Å²) in [5.74, 6) is 0. The Morgan fingerprint density at radius 1 is 1.35 bits per heavy atom. The highest BCUT2D eigenvalue weighted by molar-refractivity contribution is 7.89. The molecule has 0 heterocycles. The fourth-order valence-electron chi connectivity index (χ4n) is 1.89. The molecule has 6 nitrogen and oxygen atoms in total. The second-order valence-electron chi connectivity index (χ2n) is 4.21. The number of hydrogen-bond acceptors (Lipinski definition) is 5. The van der Waals surface area contributed by atoms with E-state index in [1.807, 2.05) is 18.7 Å². The molecule has 1 aromatic carbocycles. The first-order valence-corrected chi connectivity index (χ1v) is 8.10. The molecule has 3 N–H and O–H groups in total. The Morgan fingerprint density at radius 2 is 2.05 bits per heavy atom. The number of nitrogen functional groups attached to an aromatic ring is 1. The van der Waals surface area contributed by atoms with E-state index >= 15 is 0 Å². The first kappa shape index (κ1) is 16.7. The number of nitrogens with one attached hydrogen (secondary N) is 1. The normalized spacial score (nSPS) is 11.6.